The maximum atomic E-state index is 5.83. The summed E-state index contributed by atoms with van der Waals surface area (Å²) in [6, 6.07) is 8.30. The lowest BCUT2D eigenvalue weighted by Gasteiger charge is -2.05. The Balaban J connectivity index is 2.03. The van der Waals surface area contributed by atoms with Crippen molar-refractivity contribution in [2.24, 2.45) is 0 Å². The Hall–Kier alpha value is -2.14. The van der Waals surface area contributed by atoms with E-state index in [0.717, 1.165) is 0 Å². The van der Waals surface area contributed by atoms with E-state index < -0.39 is 0 Å². The van der Waals surface area contributed by atoms with Crippen LogP contribution in [0.2, 0.25) is 5.28 Å². The van der Waals surface area contributed by atoms with Crippen LogP contribution in [0.5, 0.6) is 0 Å². The Bertz CT molecular complexity index is 733. The first-order chi connectivity index (χ1) is 9.13. The van der Waals surface area contributed by atoms with Crippen LogP contribution in [0.3, 0.4) is 0 Å². The molecule has 0 aliphatic heterocycles. The van der Waals surface area contributed by atoms with Gasteiger partial charge in [0.25, 0.3) is 0 Å². The number of aromatic nitrogens is 4. The monoisotopic (exact) mass is 273 g/mol. The van der Waals surface area contributed by atoms with Gasteiger partial charge in [0.15, 0.2) is 11.5 Å². The number of hydrogen-bond acceptors (Lipinski definition) is 4. The molecule has 2 aromatic heterocycles. The summed E-state index contributed by atoms with van der Waals surface area (Å²) >= 11 is 5.83. The molecule has 0 aliphatic carbocycles. The Morgan fingerprint density at radius 2 is 1.95 bits per heavy atom. The van der Waals surface area contributed by atoms with Crippen LogP contribution in [0.4, 0.5) is 5.82 Å². The second-order valence-electron chi connectivity index (χ2n) is 4.41. The van der Waals surface area contributed by atoms with Crippen molar-refractivity contribution < 1.29 is 0 Å². The van der Waals surface area contributed by atoms with Gasteiger partial charge in [-0.3, -0.25) is 0 Å². The molecule has 0 bridgehead atoms. The Labute approximate surface area is 115 Å². The molecule has 0 atom stereocenters. The summed E-state index contributed by atoms with van der Waals surface area (Å²) in [5, 5.41) is 0.135. The van der Waals surface area contributed by atoms with Crippen molar-refractivity contribution in [1.82, 2.24) is 19.5 Å². The van der Waals surface area contributed by atoms with Crippen LogP contribution in [0.25, 0.3) is 11.2 Å². The van der Waals surface area contributed by atoms with E-state index in [0.29, 0.717) is 23.5 Å². The standard InChI is InChI=1S/C13H12ClN5/c1-8-2-4-9(5-3-8)6-19-7-16-10-11(15)17-13(14)18-12(10)19/h2-5,7H,6H2,1H3,(H2,15,17,18). The lowest BCUT2D eigenvalue weighted by atomic mass is 10.1. The van der Waals surface area contributed by atoms with Gasteiger partial charge in [0.1, 0.15) is 5.52 Å². The molecule has 3 rings (SSSR count). The number of halogens is 1. The first-order valence-electron chi connectivity index (χ1n) is 5.83. The summed E-state index contributed by atoms with van der Waals surface area (Å²) in [5.74, 6) is 0.303. The second kappa shape index (κ2) is 4.51. The fourth-order valence-electron chi connectivity index (χ4n) is 1.94. The molecule has 0 fully saturated rings. The summed E-state index contributed by atoms with van der Waals surface area (Å²) in [5.41, 5.74) is 9.40. The third-order valence-electron chi connectivity index (χ3n) is 2.94. The van der Waals surface area contributed by atoms with Crippen molar-refractivity contribution in [2.45, 2.75) is 13.5 Å². The smallest absolute Gasteiger partial charge is 0.226 e. The van der Waals surface area contributed by atoms with Gasteiger partial charge in [-0.2, -0.15) is 9.97 Å². The van der Waals surface area contributed by atoms with E-state index in [1.54, 1.807) is 6.33 Å². The highest BCUT2D eigenvalue weighted by atomic mass is 35.5. The third kappa shape index (κ3) is 2.24. The number of fused-ring (bicyclic) bond motifs is 1. The fraction of sp³-hybridized carbons (Fsp3) is 0.154. The second-order valence-corrected chi connectivity index (χ2v) is 4.75. The van der Waals surface area contributed by atoms with Gasteiger partial charge >= 0.3 is 0 Å². The average molecular weight is 274 g/mol. The molecule has 1 aromatic carbocycles. The molecule has 0 amide bonds. The lowest BCUT2D eigenvalue weighted by molar-refractivity contribution is 0.813. The minimum atomic E-state index is 0.135. The maximum absolute atomic E-state index is 5.83. The van der Waals surface area contributed by atoms with Gasteiger partial charge in [0.2, 0.25) is 5.28 Å². The normalized spacial score (nSPS) is 11.1. The Kier molecular flexibility index (Phi) is 2.83. The van der Waals surface area contributed by atoms with E-state index in [1.165, 1.54) is 11.1 Å². The summed E-state index contributed by atoms with van der Waals surface area (Å²) < 4.78 is 1.91. The van der Waals surface area contributed by atoms with Crippen LogP contribution in [0, 0.1) is 6.92 Å². The molecule has 0 unspecified atom stereocenters. The van der Waals surface area contributed by atoms with E-state index in [-0.39, 0.29) is 5.28 Å². The van der Waals surface area contributed by atoms with E-state index in [9.17, 15) is 0 Å². The summed E-state index contributed by atoms with van der Waals surface area (Å²) in [4.78, 5) is 12.3. The Morgan fingerprint density at radius 1 is 1.21 bits per heavy atom. The van der Waals surface area contributed by atoms with Crippen molar-refractivity contribution in [1.29, 1.82) is 0 Å². The number of nitrogen functional groups attached to an aromatic ring is 1. The van der Waals surface area contributed by atoms with Crippen molar-refractivity contribution in [3.05, 3.63) is 47.0 Å². The fourth-order valence-corrected chi connectivity index (χ4v) is 2.12. The van der Waals surface area contributed by atoms with Gasteiger partial charge in [0, 0.05) is 0 Å². The molecule has 0 saturated carbocycles. The SMILES string of the molecule is Cc1ccc(Cn2cnc3c(N)nc(Cl)nc32)cc1. The highest BCUT2D eigenvalue weighted by Crippen LogP contribution is 2.19. The van der Waals surface area contributed by atoms with Crippen molar-refractivity contribution in [2.75, 3.05) is 5.73 Å². The average Bonchev–Trinajstić information content (AvgIpc) is 2.76. The number of nitrogens with zero attached hydrogens (tertiary/aromatic N) is 4. The number of rotatable bonds is 2. The third-order valence-corrected chi connectivity index (χ3v) is 3.11. The van der Waals surface area contributed by atoms with Gasteiger partial charge in [-0.15, -0.1) is 0 Å². The van der Waals surface area contributed by atoms with Crippen LogP contribution in [0.15, 0.2) is 30.6 Å². The van der Waals surface area contributed by atoms with Gasteiger partial charge in [-0.25, -0.2) is 4.98 Å². The minimum absolute atomic E-state index is 0.135. The molecule has 3 aromatic rings. The molecule has 19 heavy (non-hydrogen) atoms. The summed E-state index contributed by atoms with van der Waals surface area (Å²) in [6.07, 6.45) is 1.70. The molecule has 5 nitrogen and oxygen atoms in total. The van der Waals surface area contributed by atoms with Crippen molar-refractivity contribution in [3.63, 3.8) is 0 Å². The van der Waals surface area contributed by atoms with E-state index >= 15 is 0 Å². The molecule has 0 radical (unpaired) electrons. The number of nitrogens with two attached hydrogens (primary N) is 1. The number of anilines is 1. The number of imidazole rings is 1. The number of benzene rings is 1. The molecular weight excluding hydrogens is 262 g/mol. The lowest BCUT2D eigenvalue weighted by Crippen LogP contribution is -2.01. The Morgan fingerprint density at radius 3 is 2.68 bits per heavy atom. The highest BCUT2D eigenvalue weighted by Gasteiger charge is 2.10. The van der Waals surface area contributed by atoms with Gasteiger partial charge in [-0.1, -0.05) is 29.8 Å². The van der Waals surface area contributed by atoms with Gasteiger partial charge in [0.05, 0.1) is 12.9 Å². The zero-order valence-corrected chi connectivity index (χ0v) is 11.1. The topological polar surface area (TPSA) is 69.6 Å². The number of aryl methyl sites for hydroxylation is 1. The molecule has 0 aliphatic rings. The van der Waals surface area contributed by atoms with E-state index in [2.05, 4.69) is 46.1 Å². The van der Waals surface area contributed by atoms with Crippen LogP contribution < -0.4 is 5.73 Å². The predicted molar refractivity (Wildman–Crippen MR) is 75.0 cm³/mol. The van der Waals surface area contributed by atoms with Crippen molar-refractivity contribution >= 4 is 28.6 Å². The van der Waals surface area contributed by atoms with Crippen molar-refractivity contribution in [3.8, 4) is 0 Å². The molecular formula is C13H12ClN5. The molecule has 0 spiro atoms. The van der Waals surface area contributed by atoms with Crippen LogP contribution in [0.1, 0.15) is 11.1 Å². The van der Waals surface area contributed by atoms with E-state index in [4.69, 9.17) is 17.3 Å². The largest absolute Gasteiger partial charge is 0.382 e. The van der Waals surface area contributed by atoms with Crippen LogP contribution in [-0.4, -0.2) is 19.5 Å². The summed E-state index contributed by atoms with van der Waals surface area (Å²) in [7, 11) is 0. The first kappa shape index (κ1) is 11.9. The van der Waals surface area contributed by atoms with Crippen LogP contribution >= 0.6 is 11.6 Å². The number of hydrogen-bond donors (Lipinski definition) is 1. The molecule has 6 heteroatoms. The predicted octanol–water partition coefficient (Wildman–Crippen LogP) is 2.42. The summed E-state index contributed by atoms with van der Waals surface area (Å²) in [6.45, 7) is 2.73. The quantitative estimate of drug-likeness (QED) is 0.728. The van der Waals surface area contributed by atoms with Gasteiger partial charge < -0.3 is 10.3 Å². The molecule has 2 N–H and O–H groups in total. The zero-order valence-electron chi connectivity index (χ0n) is 10.3. The van der Waals surface area contributed by atoms with E-state index in [1.807, 2.05) is 4.57 Å². The molecule has 96 valence electrons. The van der Waals surface area contributed by atoms with Gasteiger partial charge in [-0.05, 0) is 24.1 Å². The zero-order chi connectivity index (χ0) is 13.4. The molecule has 0 saturated heterocycles. The minimum Gasteiger partial charge on any atom is -0.382 e. The molecule has 2 heterocycles. The maximum Gasteiger partial charge on any atom is 0.226 e. The van der Waals surface area contributed by atoms with Crippen LogP contribution in [-0.2, 0) is 6.54 Å². The first-order valence-corrected chi connectivity index (χ1v) is 6.20. The highest BCUT2D eigenvalue weighted by molar-refractivity contribution is 6.28.